The third-order valence-electron chi connectivity index (χ3n) is 5.51. The summed E-state index contributed by atoms with van der Waals surface area (Å²) in [6, 6.07) is 11.5. The summed E-state index contributed by atoms with van der Waals surface area (Å²) in [5.74, 6) is -0.114. The Morgan fingerprint density at radius 3 is 2.77 bits per heavy atom. The van der Waals surface area contributed by atoms with Gasteiger partial charge < -0.3 is 15.0 Å². The second-order valence-electron chi connectivity index (χ2n) is 7.75. The Morgan fingerprint density at radius 2 is 2.00 bits per heavy atom. The first-order valence-electron chi connectivity index (χ1n) is 10.6. The number of carbonyl (C=O) groups is 2. The van der Waals surface area contributed by atoms with Crippen LogP contribution in [0, 0.1) is 12.8 Å². The highest BCUT2D eigenvalue weighted by atomic mass is 16.5. The molecule has 31 heavy (non-hydrogen) atoms. The minimum atomic E-state index is -0.397. The molecule has 1 saturated heterocycles. The van der Waals surface area contributed by atoms with Gasteiger partial charge in [0, 0.05) is 30.9 Å². The van der Waals surface area contributed by atoms with Gasteiger partial charge in [-0.3, -0.25) is 9.78 Å². The molecule has 0 radical (unpaired) electrons. The maximum atomic E-state index is 12.9. The van der Waals surface area contributed by atoms with E-state index in [1.54, 1.807) is 19.3 Å². The van der Waals surface area contributed by atoms with Crippen LogP contribution in [0.25, 0.3) is 10.9 Å². The van der Waals surface area contributed by atoms with Crippen molar-refractivity contribution in [2.24, 2.45) is 5.92 Å². The zero-order valence-corrected chi connectivity index (χ0v) is 17.8. The maximum absolute atomic E-state index is 12.9. The number of carbonyl (C=O) groups excluding carboxylic acids is 2. The number of piperidine rings is 1. The Balaban J connectivity index is 1.62. The quantitative estimate of drug-likeness (QED) is 0.631. The van der Waals surface area contributed by atoms with E-state index in [1.165, 1.54) is 0 Å². The molecule has 0 aliphatic carbocycles. The average molecular weight is 418 g/mol. The molecule has 1 aliphatic heterocycles. The van der Waals surface area contributed by atoms with Crippen molar-refractivity contribution in [3.8, 4) is 0 Å². The molecule has 1 aliphatic rings. The van der Waals surface area contributed by atoms with Crippen molar-refractivity contribution in [1.29, 1.82) is 0 Å². The van der Waals surface area contributed by atoms with Gasteiger partial charge in [-0.25, -0.2) is 9.78 Å². The largest absolute Gasteiger partial charge is 0.462 e. The number of ether oxygens (including phenoxy) is 1. The summed E-state index contributed by atoms with van der Waals surface area (Å²) in [5.41, 5.74) is 3.07. The second-order valence-corrected chi connectivity index (χ2v) is 7.75. The van der Waals surface area contributed by atoms with E-state index in [2.05, 4.69) is 20.2 Å². The number of anilines is 2. The first kappa shape index (κ1) is 20.8. The highest BCUT2D eigenvalue weighted by Gasteiger charge is 2.30. The minimum absolute atomic E-state index is 0.0582. The van der Waals surface area contributed by atoms with E-state index in [0.717, 1.165) is 41.5 Å². The van der Waals surface area contributed by atoms with Crippen molar-refractivity contribution in [1.82, 2.24) is 9.97 Å². The van der Waals surface area contributed by atoms with Gasteiger partial charge in [0.2, 0.25) is 5.91 Å². The molecule has 2 aromatic heterocycles. The molecular weight excluding hydrogens is 392 g/mol. The zero-order chi connectivity index (χ0) is 21.8. The van der Waals surface area contributed by atoms with E-state index >= 15 is 0 Å². The molecule has 1 amide bonds. The molecule has 4 rings (SSSR count). The average Bonchev–Trinajstić information content (AvgIpc) is 2.80. The third-order valence-corrected chi connectivity index (χ3v) is 5.51. The summed E-state index contributed by atoms with van der Waals surface area (Å²) < 4.78 is 5.28. The van der Waals surface area contributed by atoms with Crippen LogP contribution in [-0.2, 0) is 9.53 Å². The number of fused-ring (bicyclic) bond motifs is 1. The molecule has 1 N–H and O–H groups in total. The Morgan fingerprint density at radius 1 is 1.16 bits per heavy atom. The first-order valence-corrected chi connectivity index (χ1v) is 10.6. The van der Waals surface area contributed by atoms with Gasteiger partial charge in [0.15, 0.2) is 0 Å². The number of rotatable bonds is 5. The van der Waals surface area contributed by atoms with E-state index in [1.807, 2.05) is 43.3 Å². The molecule has 0 saturated carbocycles. The molecule has 1 fully saturated rings. The molecular formula is C24H26N4O3. The van der Waals surface area contributed by atoms with Crippen LogP contribution in [0.3, 0.4) is 0 Å². The van der Waals surface area contributed by atoms with Crippen molar-refractivity contribution in [3.63, 3.8) is 0 Å². The first-order chi connectivity index (χ1) is 15.1. The topological polar surface area (TPSA) is 84.4 Å². The molecule has 7 heteroatoms. The predicted octanol–water partition coefficient (Wildman–Crippen LogP) is 3.97. The summed E-state index contributed by atoms with van der Waals surface area (Å²) in [6.07, 6.45) is 4.94. The van der Waals surface area contributed by atoms with E-state index < -0.39 is 5.97 Å². The van der Waals surface area contributed by atoms with Gasteiger partial charge in [0.25, 0.3) is 0 Å². The van der Waals surface area contributed by atoms with Crippen LogP contribution in [0.15, 0.2) is 48.8 Å². The van der Waals surface area contributed by atoms with Gasteiger partial charge in [-0.2, -0.15) is 0 Å². The van der Waals surface area contributed by atoms with Crippen LogP contribution >= 0.6 is 0 Å². The second kappa shape index (κ2) is 9.12. The molecule has 160 valence electrons. The highest BCUT2D eigenvalue weighted by molar-refractivity contribution is 6.05. The molecule has 0 spiro atoms. The number of hydrogen-bond acceptors (Lipinski definition) is 6. The minimum Gasteiger partial charge on any atom is -0.462 e. The lowest BCUT2D eigenvalue weighted by Gasteiger charge is -2.35. The fraction of sp³-hybridized carbons (Fsp3) is 0.333. The number of esters is 1. The van der Waals surface area contributed by atoms with Gasteiger partial charge in [-0.15, -0.1) is 0 Å². The smallest absolute Gasteiger partial charge is 0.341 e. The van der Waals surface area contributed by atoms with Gasteiger partial charge in [0.05, 0.1) is 23.7 Å². The fourth-order valence-corrected chi connectivity index (χ4v) is 3.99. The summed E-state index contributed by atoms with van der Waals surface area (Å²) in [6.45, 7) is 5.30. The number of aromatic nitrogens is 2. The Hall–Kier alpha value is -3.48. The Kier molecular flexibility index (Phi) is 6.11. The van der Waals surface area contributed by atoms with Crippen LogP contribution in [0.5, 0.6) is 0 Å². The van der Waals surface area contributed by atoms with Crippen LogP contribution in [0.4, 0.5) is 11.5 Å². The lowest BCUT2D eigenvalue weighted by atomic mass is 9.95. The molecule has 3 aromatic rings. The van der Waals surface area contributed by atoms with Crippen molar-refractivity contribution >= 4 is 34.3 Å². The SMILES string of the molecule is CCOC(=O)c1cnc2ccccc2c1N1CCCC(C(=O)Nc2ccc(C)cn2)C1. The zero-order valence-electron chi connectivity index (χ0n) is 17.8. The van der Waals surface area contributed by atoms with Gasteiger partial charge >= 0.3 is 5.97 Å². The molecule has 3 heterocycles. The van der Waals surface area contributed by atoms with Crippen LogP contribution in [0.2, 0.25) is 0 Å². The van der Waals surface area contributed by atoms with E-state index in [4.69, 9.17) is 4.74 Å². The number of benzene rings is 1. The highest BCUT2D eigenvalue weighted by Crippen LogP contribution is 2.33. The number of hydrogen-bond donors (Lipinski definition) is 1. The summed E-state index contributed by atoms with van der Waals surface area (Å²) >= 11 is 0. The monoisotopic (exact) mass is 418 g/mol. The summed E-state index contributed by atoms with van der Waals surface area (Å²) in [5, 5.41) is 3.81. The number of amides is 1. The lowest BCUT2D eigenvalue weighted by Crippen LogP contribution is -2.41. The lowest BCUT2D eigenvalue weighted by molar-refractivity contribution is -0.120. The normalized spacial score (nSPS) is 16.2. The number of aryl methyl sites for hydroxylation is 1. The van der Waals surface area contributed by atoms with Crippen molar-refractivity contribution < 1.29 is 14.3 Å². The molecule has 1 atom stereocenters. The molecule has 1 aromatic carbocycles. The van der Waals surface area contributed by atoms with Crippen LogP contribution in [0.1, 0.15) is 35.7 Å². The van der Waals surface area contributed by atoms with E-state index in [9.17, 15) is 9.59 Å². The van der Waals surface area contributed by atoms with Gasteiger partial charge in [-0.1, -0.05) is 24.3 Å². The Bertz CT molecular complexity index is 1100. The number of pyridine rings is 2. The van der Waals surface area contributed by atoms with Crippen molar-refractivity contribution in [3.05, 3.63) is 59.9 Å². The van der Waals surface area contributed by atoms with Crippen molar-refractivity contribution in [2.75, 3.05) is 29.9 Å². The van der Waals surface area contributed by atoms with Gasteiger partial charge in [-0.05, 0) is 44.4 Å². The molecule has 7 nitrogen and oxygen atoms in total. The maximum Gasteiger partial charge on any atom is 0.341 e. The number of para-hydroxylation sites is 1. The van der Waals surface area contributed by atoms with Gasteiger partial charge in [0.1, 0.15) is 11.4 Å². The number of nitrogens with zero attached hydrogens (tertiary/aromatic N) is 3. The molecule has 1 unspecified atom stereocenters. The van der Waals surface area contributed by atoms with Crippen molar-refractivity contribution in [2.45, 2.75) is 26.7 Å². The fourth-order valence-electron chi connectivity index (χ4n) is 3.99. The molecule has 0 bridgehead atoms. The standard InChI is InChI=1S/C24H26N4O3/c1-3-31-24(30)19-14-25-20-9-5-4-8-18(20)22(19)28-12-6-7-17(15-28)23(29)27-21-11-10-16(2)13-26-21/h4-5,8-11,13-14,17H,3,6-7,12,15H2,1-2H3,(H,26,27,29). The Labute approximate surface area is 181 Å². The van der Waals surface area contributed by atoms with E-state index in [-0.39, 0.29) is 11.8 Å². The van der Waals surface area contributed by atoms with Crippen LogP contribution in [-0.4, -0.2) is 41.5 Å². The third kappa shape index (κ3) is 4.50. The summed E-state index contributed by atoms with van der Waals surface area (Å²) in [4.78, 5) is 36.4. The predicted molar refractivity (Wildman–Crippen MR) is 120 cm³/mol. The van der Waals surface area contributed by atoms with E-state index in [0.29, 0.717) is 24.5 Å². The van der Waals surface area contributed by atoms with Crippen LogP contribution < -0.4 is 10.2 Å². The summed E-state index contributed by atoms with van der Waals surface area (Å²) in [7, 11) is 0. The number of nitrogens with one attached hydrogen (secondary N) is 1.